The van der Waals surface area contributed by atoms with Crippen molar-refractivity contribution in [1.29, 1.82) is 0 Å². The van der Waals surface area contributed by atoms with E-state index < -0.39 is 0 Å². The second-order valence-corrected chi connectivity index (χ2v) is 2.73. The molecule has 1 rings (SSSR count). The Morgan fingerprint density at radius 2 is 2.50 bits per heavy atom. The number of carbonyl (C=O) groups is 1. The number of nitrogens with one attached hydrogen (secondary N) is 1. The molecule has 4 heteroatoms. The minimum atomic E-state index is -0.0359. The molecule has 0 unspecified atom stereocenters. The Morgan fingerprint density at radius 1 is 1.67 bits per heavy atom. The van der Waals surface area contributed by atoms with Gasteiger partial charge in [0.1, 0.15) is 0 Å². The molecule has 1 N–H and O–H groups in total. The Bertz CT molecular complexity index is 233. The topological polar surface area (TPSA) is 42.2 Å². The van der Waals surface area contributed by atoms with E-state index in [-0.39, 0.29) is 5.91 Å². The van der Waals surface area contributed by atoms with E-state index in [0.29, 0.717) is 18.8 Å². The van der Waals surface area contributed by atoms with Gasteiger partial charge in [-0.05, 0) is 6.07 Å². The molecule has 1 aromatic rings. The summed E-state index contributed by atoms with van der Waals surface area (Å²) in [5.41, 5.74) is 0.956. The van der Waals surface area contributed by atoms with Crippen LogP contribution in [0.25, 0.3) is 0 Å². The molecule has 0 aromatic carbocycles. The zero-order valence-electron chi connectivity index (χ0n) is 6.55. The van der Waals surface area contributed by atoms with Gasteiger partial charge in [0.15, 0.2) is 0 Å². The highest BCUT2D eigenvalue weighted by Gasteiger charge is 1.99. The Balaban J connectivity index is 2.22. The van der Waals surface area contributed by atoms with E-state index in [9.17, 15) is 4.79 Å². The van der Waals surface area contributed by atoms with E-state index >= 15 is 0 Å². The smallest absolute Gasteiger partial charge is 0.221 e. The van der Waals surface area contributed by atoms with Crippen molar-refractivity contribution in [3.8, 4) is 0 Å². The van der Waals surface area contributed by atoms with Crippen molar-refractivity contribution in [3.63, 3.8) is 0 Å². The first-order chi connectivity index (χ1) is 5.83. The van der Waals surface area contributed by atoms with Gasteiger partial charge >= 0.3 is 0 Å². The molecule has 0 fully saturated rings. The van der Waals surface area contributed by atoms with Gasteiger partial charge in [-0.2, -0.15) is 0 Å². The summed E-state index contributed by atoms with van der Waals surface area (Å²) < 4.78 is 4.83. The fraction of sp³-hybridized carbons (Fsp3) is 0.375. The maximum absolute atomic E-state index is 10.9. The molecule has 0 radical (unpaired) electrons. The van der Waals surface area contributed by atoms with Crippen LogP contribution in [-0.2, 0) is 11.3 Å². The maximum atomic E-state index is 10.9. The van der Waals surface area contributed by atoms with Gasteiger partial charge in [0.2, 0.25) is 5.91 Å². The lowest BCUT2D eigenvalue weighted by Crippen LogP contribution is -2.22. The average Bonchev–Trinajstić information content (AvgIpc) is 2.53. The van der Waals surface area contributed by atoms with E-state index in [1.807, 2.05) is 0 Å². The molecule has 0 spiro atoms. The molecule has 0 saturated heterocycles. The number of amides is 1. The molecule has 12 heavy (non-hydrogen) atoms. The van der Waals surface area contributed by atoms with Crippen molar-refractivity contribution in [1.82, 2.24) is 5.32 Å². The highest BCUT2D eigenvalue weighted by Crippen LogP contribution is 1.98. The van der Waals surface area contributed by atoms with Gasteiger partial charge in [0, 0.05) is 24.4 Å². The molecule has 0 aliphatic carbocycles. The van der Waals surface area contributed by atoms with E-state index in [4.69, 9.17) is 16.0 Å². The highest BCUT2D eigenvalue weighted by molar-refractivity contribution is 6.18. The van der Waals surface area contributed by atoms with Gasteiger partial charge in [-0.15, -0.1) is 11.6 Å². The summed E-state index contributed by atoms with van der Waals surface area (Å²) >= 11 is 5.38. The monoisotopic (exact) mass is 187 g/mol. The lowest BCUT2D eigenvalue weighted by molar-refractivity contribution is -0.120. The first-order valence-electron chi connectivity index (χ1n) is 3.66. The first-order valence-corrected chi connectivity index (χ1v) is 4.20. The standard InChI is InChI=1S/C8H10ClNO2/c9-3-1-8(11)10-5-7-2-4-12-6-7/h2,4,6H,1,3,5H2,(H,10,11). The predicted octanol–water partition coefficient (Wildman–Crippen LogP) is 1.52. The fourth-order valence-electron chi connectivity index (χ4n) is 0.768. The van der Waals surface area contributed by atoms with Crippen LogP contribution in [0, 0.1) is 0 Å². The summed E-state index contributed by atoms with van der Waals surface area (Å²) in [6.45, 7) is 0.506. The Morgan fingerprint density at radius 3 is 3.08 bits per heavy atom. The van der Waals surface area contributed by atoms with Crippen molar-refractivity contribution in [2.45, 2.75) is 13.0 Å². The Hall–Kier alpha value is -0.960. The molecule has 0 saturated carbocycles. The third kappa shape index (κ3) is 2.96. The minimum Gasteiger partial charge on any atom is -0.472 e. The van der Waals surface area contributed by atoms with Crippen molar-refractivity contribution in [2.24, 2.45) is 0 Å². The summed E-state index contributed by atoms with van der Waals surface area (Å²) in [6, 6.07) is 1.81. The van der Waals surface area contributed by atoms with Gasteiger partial charge in [-0.25, -0.2) is 0 Å². The largest absolute Gasteiger partial charge is 0.472 e. The molecule has 0 aliphatic heterocycles. The Labute approximate surface area is 75.7 Å². The Kier molecular flexibility index (Phi) is 3.67. The van der Waals surface area contributed by atoms with Crippen molar-refractivity contribution >= 4 is 17.5 Å². The molecule has 66 valence electrons. The third-order valence-electron chi connectivity index (χ3n) is 1.39. The zero-order chi connectivity index (χ0) is 8.81. The van der Waals surface area contributed by atoms with Crippen LogP contribution >= 0.6 is 11.6 Å². The predicted molar refractivity (Wildman–Crippen MR) is 45.9 cm³/mol. The second kappa shape index (κ2) is 4.83. The summed E-state index contributed by atoms with van der Waals surface area (Å²) in [5.74, 6) is 0.322. The van der Waals surface area contributed by atoms with Gasteiger partial charge < -0.3 is 9.73 Å². The van der Waals surface area contributed by atoms with E-state index in [0.717, 1.165) is 5.56 Å². The zero-order valence-corrected chi connectivity index (χ0v) is 7.30. The number of rotatable bonds is 4. The summed E-state index contributed by atoms with van der Waals surface area (Å²) in [4.78, 5) is 10.9. The van der Waals surface area contributed by atoms with E-state index in [1.54, 1.807) is 18.6 Å². The highest BCUT2D eigenvalue weighted by atomic mass is 35.5. The number of hydrogen-bond acceptors (Lipinski definition) is 2. The van der Waals surface area contributed by atoms with Gasteiger partial charge in [0.05, 0.1) is 12.5 Å². The van der Waals surface area contributed by atoms with Crippen LogP contribution in [0.5, 0.6) is 0 Å². The molecule has 1 amide bonds. The fourth-order valence-corrected chi connectivity index (χ4v) is 0.940. The molecule has 0 aliphatic rings. The van der Waals surface area contributed by atoms with Gasteiger partial charge in [-0.3, -0.25) is 4.79 Å². The van der Waals surface area contributed by atoms with Crippen molar-refractivity contribution in [3.05, 3.63) is 24.2 Å². The molecule has 0 atom stereocenters. The molecule has 0 bridgehead atoms. The van der Waals surface area contributed by atoms with Crippen LogP contribution in [0.4, 0.5) is 0 Å². The van der Waals surface area contributed by atoms with Crippen LogP contribution in [0.15, 0.2) is 23.0 Å². The number of alkyl halides is 1. The quantitative estimate of drug-likeness (QED) is 0.727. The van der Waals surface area contributed by atoms with E-state index in [1.165, 1.54) is 0 Å². The van der Waals surface area contributed by atoms with Gasteiger partial charge in [0.25, 0.3) is 0 Å². The summed E-state index contributed by atoms with van der Waals surface area (Å²) in [7, 11) is 0. The van der Waals surface area contributed by atoms with Crippen LogP contribution in [-0.4, -0.2) is 11.8 Å². The minimum absolute atomic E-state index is 0.0359. The number of hydrogen-bond donors (Lipinski definition) is 1. The molecule has 3 nitrogen and oxygen atoms in total. The number of furan rings is 1. The number of halogens is 1. The maximum Gasteiger partial charge on any atom is 0.221 e. The van der Waals surface area contributed by atoms with E-state index in [2.05, 4.69) is 5.32 Å². The lowest BCUT2D eigenvalue weighted by atomic mass is 10.3. The molecular formula is C8H10ClNO2. The van der Waals surface area contributed by atoms with Crippen LogP contribution in [0.3, 0.4) is 0 Å². The SMILES string of the molecule is O=C(CCCl)NCc1ccoc1. The van der Waals surface area contributed by atoms with Crippen molar-refractivity contribution < 1.29 is 9.21 Å². The number of carbonyl (C=O) groups excluding carboxylic acids is 1. The van der Waals surface area contributed by atoms with Gasteiger partial charge in [-0.1, -0.05) is 0 Å². The van der Waals surface area contributed by atoms with Crippen LogP contribution in [0.1, 0.15) is 12.0 Å². The molecule has 1 heterocycles. The first kappa shape index (κ1) is 9.13. The summed E-state index contributed by atoms with van der Waals surface area (Å²) in [5, 5.41) is 2.70. The van der Waals surface area contributed by atoms with Crippen molar-refractivity contribution in [2.75, 3.05) is 5.88 Å². The summed E-state index contributed by atoms with van der Waals surface area (Å²) in [6.07, 6.45) is 3.53. The van der Waals surface area contributed by atoms with Crippen LogP contribution < -0.4 is 5.32 Å². The molecule has 1 aromatic heterocycles. The van der Waals surface area contributed by atoms with Crippen LogP contribution in [0.2, 0.25) is 0 Å². The average molecular weight is 188 g/mol. The lowest BCUT2D eigenvalue weighted by Gasteiger charge is -1.99. The second-order valence-electron chi connectivity index (χ2n) is 2.35. The third-order valence-corrected chi connectivity index (χ3v) is 1.58. The molecular weight excluding hydrogens is 178 g/mol. The normalized spacial score (nSPS) is 9.75.